The molecule has 0 atom stereocenters. The molecular weight excluding hydrogens is 252 g/mol. The van der Waals surface area contributed by atoms with Crippen molar-refractivity contribution in [1.82, 2.24) is 9.38 Å². The summed E-state index contributed by atoms with van der Waals surface area (Å²) >= 11 is 0. The van der Waals surface area contributed by atoms with Crippen LogP contribution in [-0.4, -0.2) is 22.5 Å². The van der Waals surface area contributed by atoms with E-state index in [4.69, 9.17) is 4.74 Å². The molecule has 3 aromatic rings. The van der Waals surface area contributed by atoms with E-state index in [-0.39, 0.29) is 12.4 Å². The minimum absolute atomic E-state index is 0.217. The summed E-state index contributed by atoms with van der Waals surface area (Å²) in [5, 5.41) is 0. The molecule has 0 radical (unpaired) electrons. The second-order valence-electron chi connectivity index (χ2n) is 4.50. The Labute approximate surface area is 116 Å². The van der Waals surface area contributed by atoms with E-state index in [9.17, 15) is 4.79 Å². The highest BCUT2D eigenvalue weighted by molar-refractivity contribution is 5.78. The molecule has 3 rings (SSSR count). The first-order chi connectivity index (χ1) is 9.79. The van der Waals surface area contributed by atoms with Crippen LogP contribution in [0.5, 0.6) is 0 Å². The Kier molecular flexibility index (Phi) is 3.21. The van der Waals surface area contributed by atoms with Gasteiger partial charge in [0.2, 0.25) is 0 Å². The molecule has 0 unspecified atom stereocenters. The molecule has 4 nitrogen and oxygen atoms in total. The molecule has 2 heterocycles. The fraction of sp³-hybridized carbons (Fsp3) is 0.125. The minimum atomic E-state index is -0.261. The Bertz CT molecular complexity index is 748. The van der Waals surface area contributed by atoms with Gasteiger partial charge in [-0.2, -0.15) is 0 Å². The second kappa shape index (κ2) is 5.17. The number of nitrogens with zero attached hydrogens (tertiary/aromatic N) is 2. The quantitative estimate of drug-likeness (QED) is 0.685. The van der Waals surface area contributed by atoms with Crippen LogP contribution >= 0.6 is 0 Å². The normalized spacial score (nSPS) is 10.7. The first kappa shape index (κ1) is 12.4. The van der Waals surface area contributed by atoms with Gasteiger partial charge in [-0.25, -0.2) is 4.98 Å². The van der Waals surface area contributed by atoms with E-state index >= 15 is 0 Å². The molecule has 0 amide bonds. The lowest BCUT2D eigenvalue weighted by Gasteiger charge is -2.12. The lowest BCUT2D eigenvalue weighted by Crippen LogP contribution is -2.09. The number of carbonyl (C=O) groups excluding carboxylic acids is 1. The molecule has 0 bridgehead atoms. The van der Waals surface area contributed by atoms with Gasteiger partial charge in [-0.15, -0.1) is 0 Å². The average Bonchev–Trinajstić information content (AvgIpc) is 2.97. The summed E-state index contributed by atoms with van der Waals surface area (Å²) in [7, 11) is 1.40. The van der Waals surface area contributed by atoms with Gasteiger partial charge in [0, 0.05) is 11.3 Å². The summed E-state index contributed by atoms with van der Waals surface area (Å²) in [6.45, 7) is 0. The minimum Gasteiger partial charge on any atom is -0.469 e. The molecule has 0 saturated heterocycles. The van der Waals surface area contributed by atoms with Crippen LogP contribution < -0.4 is 0 Å². The molecule has 1 aromatic carbocycles. The van der Waals surface area contributed by atoms with E-state index in [2.05, 4.69) is 4.98 Å². The van der Waals surface area contributed by atoms with Crippen LogP contribution in [0, 0.1) is 0 Å². The van der Waals surface area contributed by atoms with Gasteiger partial charge in [-0.05, 0) is 11.6 Å². The van der Waals surface area contributed by atoms with Crippen molar-refractivity contribution in [3.63, 3.8) is 0 Å². The largest absolute Gasteiger partial charge is 0.469 e. The summed E-state index contributed by atoms with van der Waals surface area (Å²) in [5.74, 6) is -0.261. The fourth-order valence-electron chi connectivity index (χ4n) is 2.32. The highest BCUT2D eigenvalue weighted by atomic mass is 16.5. The van der Waals surface area contributed by atoms with Crippen LogP contribution in [0.2, 0.25) is 0 Å². The van der Waals surface area contributed by atoms with Crippen LogP contribution in [0.3, 0.4) is 0 Å². The number of rotatable bonds is 3. The first-order valence-electron chi connectivity index (χ1n) is 6.36. The number of ether oxygens (including phenoxy) is 1. The second-order valence-corrected chi connectivity index (χ2v) is 4.50. The number of hydrogen-bond acceptors (Lipinski definition) is 3. The molecule has 100 valence electrons. The maximum atomic E-state index is 11.7. The third kappa shape index (κ3) is 2.16. The number of aromatic nitrogens is 2. The Hall–Kier alpha value is -2.62. The van der Waals surface area contributed by atoms with Crippen molar-refractivity contribution in [2.45, 2.75) is 6.42 Å². The maximum Gasteiger partial charge on any atom is 0.311 e. The topological polar surface area (TPSA) is 43.6 Å². The van der Waals surface area contributed by atoms with E-state index in [1.807, 2.05) is 46.9 Å². The van der Waals surface area contributed by atoms with Gasteiger partial charge >= 0.3 is 5.97 Å². The Morgan fingerprint density at radius 2 is 2.00 bits per heavy atom. The molecule has 0 saturated carbocycles. The smallest absolute Gasteiger partial charge is 0.311 e. The molecule has 2 aromatic heterocycles. The monoisotopic (exact) mass is 266 g/mol. The maximum absolute atomic E-state index is 11.7. The van der Waals surface area contributed by atoms with Crippen LogP contribution in [0.15, 0.2) is 55.0 Å². The van der Waals surface area contributed by atoms with Crippen molar-refractivity contribution >= 4 is 11.5 Å². The summed E-state index contributed by atoms with van der Waals surface area (Å²) in [6, 6.07) is 14.0. The summed E-state index contributed by atoms with van der Waals surface area (Å²) in [5.41, 5.74) is 3.94. The van der Waals surface area contributed by atoms with Crippen molar-refractivity contribution in [2.75, 3.05) is 7.11 Å². The van der Waals surface area contributed by atoms with Gasteiger partial charge in [-0.1, -0.05) is 36.4 Å². The molecule has 20 heavy (non-hydrogen) atoms. The number of benzene rings is 1. The molecule has 0 aliphatic heterocycles. The Morgan fingerprint density at radius 1 is 1.20 bits per heavy atom. The number of imidazole rings is 1. The van der Waals surface area contributed by atoms with Gasteiger partial charge in [0.25, 0.3) is 0 Å². The van der Waals surface area contributed by atoms with Crippen molar-refractivity contribution in [1.29, 1.82) is 0 Å². The van der Waals surface area contributed by atoms with E-state index in [1.54, 1.807) is 12.5 Å². The van der Waals surface area contributed by atoms with Gasteiger partial charge in [0.05, 0.1) is 31.6 Å². The summed E-state index contributed by atoms with van der Waals surface area (Å²) in [6.07, 6.45) is 3.71. The van der Waals surface area contributed by atoms with Crippen LogP contribution in [-0.2, 0) is 16.0 Å². The molecule has 0 fully saturated rings. The van der Waals surface area contributed by atoms with Crippen LogP contribution in [0.4, 0.5) is 0 Å². The zero-order chi connectivity index (χ0) is 13.9. The zero-order valence-corrected chi connectivity index (χ0v) is 11.1. The predicted octanol–water partition coefficient (Wildman–Crippen LogP) is 2.72. The molecule has 0 aliphatic rings. The third-order valence-electron chi connectivity index (χ3n) is 3.31. The van der Waals surface area contributed by atoms with Gasteiger partial charge in [-0.3, -0.25) is 4.79 Å². The number of esters is 1. The Balaban J connectivity index is 2.20. The van der Waals surface area contributed by atoms with E-state index in [0.717, 1.165) is 22.3 Å². The molecule has 0 N–H and O–H groups in total. The number of fused-ring (bicyclic) bond motifs is 1. The molecule has 4 heteroatoms. The van der Waals surface area contributed by atoms with Crippen LogP contribution in [0.25, 0.3) is 16.6 Å². The summed E-state index contributed by atoms with van der Waals surface area (Å²) < 4.78 is 6.73. The van der Waals surface area contributed by atoms with Gasteiger partial charge in [0.15, 0.2) is 0 Å². The summed E-state index contributed by atoms with van der Waals surface area (Å²) in [4.78, 5) is 15.8. The van der Waals surface area contributed by atoms with Gasteiger partial charge < -0.3 is 9.14 Å². The van der Waals surface area contributed by atoms with Crippen molar-refractivity contribution in [3.8, 4) is 11.1 Å². The number of hydrogen-bond donors (Lipinski definition) is 0. The molecular formula is C16H14N2O2. The van der Waals surface area contributed by atoms with E-state index < -0.39 is 0 Å². The fourth-order valence-corrected chi connectivity index (χ4v) is 2.32. The number of pyridine rings is 1. The van der Waals surface area contributed by atoms with Crippen molar-refractivity contribution in [3.05, 3.63) is 60.7 Å². The van der Waals surface area contributed by atoms with Crippen LogP contribution in [0.1, 0.15) is 5.69 Å². The first-order valence-corrected chi connectivity index (χ1v) is 6.36. The highest BCUT2D eigenvalue weighted by Gasteiger charge is 2.13. The third-order valence-corrected chi connectivity index (χ3v) is 3.31. The zero-order valence-electron chi connectivity index (χ0n) is 11.1. The SMILES string of the molecule is COC(=O)Cc1c(-c2ccccc2)ccc2cncn12. The average molecular weight is 266 g/mol. The number of methoxy groups -OCH3 is 1. The van der Waals surface area contributed by atoms with E-state index in [0.29, 0.717) is 0 Å². The van der Waals surface area contributed by atoms with Crippen molar-refractivity contribution in [2.24, 2.45) is 0 Å². The van der Waals surface area contributed by atoms with Gasteiger partial charge in [0.1, 0.15) is 0 Å². The molecule has 0 aliphatic carbocycles. The number of carbonyl (C=O) groups is 1. The predicted molar refractivity (Wildman–Crippen MR) is 76.3 cm³/mol. The lowest BCUT2D eigenvalue weighted by molar-refractivity contribution is -0.139. The van der Waals surface area contributed by atoms with E-state index in [1.165, 1.54) is 7.11 Å². The van der Waals surface area contributed by atoms with Crippen molar-refractivity contribution < 1.29 is 9.53 Å². The highest BCUT2D eigenvalue weighted by Crippen LogP contribution is 2.25. The standard InChI is InChI=1S/C16H14N2O2/c1-20-16(19)9-15-14(12-5-3-2-4-6-12)8-7-13-10-17-11-18(13)15/h2-8,10-11H,9H2,1H3. The molecule has 0 spiro atoms. The lowest BCUT2D eigenvalue weighted by atomic mass is 10.0. The Morgan fingerprint density at radius 3 is 2.75 bits per heavy atom.